The van der Waals surface area contributed by atoms with E-state index in [1.807, 2.05) is 19.1 Å². The molecule has 2 rings (SSSR count). The highest BCUT2D eigenvalue weighted by atomic mass is 32.2. The smallest absolute Gasteiger partial charge is 0.208 e. The van der Waals surface area contributed by atoms with Crippen LogP contribution in [0.4, 0.5) is 0 Å². The molecule has 5 nitrogen and oxygen atoms in total. The van der Waals surface area contributed by atoms with Gasteiger partial charge in [0.15, 0.2) is 5.82 Å². The normalized spacial score (nSPS) is 10.6. The van der Waals surface area contributed by atoms with E-state index >= 15 is 0 Å². The van der Waals surface area contributed by atoms with Crippen LogP contribution in [0.3, 0.4) is 0 Å². The van der Waals surface area contributed by atoms with Crippen molar-refractivity contribution < 1.29 is 4.74 Å². The van der Waals surface area contributed by atoms with E-state index in [1.165, 1.54) is 0 Å². The van der Waals surface area contributed by atoms with Gasteiger partial charge in [-0.1, -0.05) is 11.8 Å². The Morgan fingerprint density at radius 1 is 1.47 bits per heavy atom. The third kappa shape index (κ3) is 3.54. The highest BCUT2D eigenvalue weighted by molar-refractivity contribution is 7.99. The standard InChI is InChI=1S/C11H14N4OS/c1-2-16-6-7-17-11-13-10(14-15-11)9-4-3-5-12-8-9/h3-5,8H,2,6-7H2,1H3,(H,13,14,15). The van der Waals surface area contributed by atoms with Crippen LogP contribution in [0.5, 0.6) is 0 Å². The minimum absolute atomic E-state index is 0.720. The van der Waals surface area contributed by atoms with Crippen LogP contribution < -0.4 is 0 Å². The Bertz CT molecular complexity index is 446. The summed E-state index contributed by atoms with van der Waals surface area (Å²) in [5, 5.41) is 7.77. The van der Waals surface area contributed by atoms with Gasteiger partial charge in [0, 0.05) is 30.3 Å². The minimum Gasteiger partial charge on any atom is -0.381 e. The van der Waals surface area contributed by atoms with E-state index in [-0.39, 0.29) is 0 Å². The maximum absolute atomic E-state index is 5.25. The van der Waals surface area contributed by atoms with E-state index in [0.717, 1.165) is 35.5 Å². The van der Waals surface area contributed by atoms with Crippen molar-refractivity contribution in [1.82, 2.24) is 20.2 Å². The number of nitrogens with zero attached hydrogens (tertiary/aromatic N) is 3. The molecule has 1 N–H and O–H groups in total. The Morgan fingerprint density at radius 2 is 2.41 bits per heavy atom. The van der Waals surface area contributed by atoms with Gasteiger partial charge in [-0.3, -0.25) is 10.1 Å². The summed E-state index contributed by atoms with van der Waals surface area (Å²) in [6, 6.07) is 3.82. The van der Waals surface area contributed by atoms with E-state index in [0.29, 0.717) is 0 Å². The van der Waals surface area contributed by atoms with Crippen molar-refractivity contribution in [2.75, 3.05) is 19.0 Å². The molecular weight excluding hydrogens is 236 g/mol. The average molecular weight is 250 g/mol. The Balaban J connectivity index is 1.92. The van der Waals surface area contributed by atoms with Crippen LogP contribution in [0.1, 0.15) is 6.92 Å². The van der Waals surface area contributed by atoms with Crippen molar-refractivity contribution >= 4 is 11.8 Å². The first-order chi connectivity index (χ1) is 8.40. The summed E-state index contributed by atoms with van der Waals surface area (Å²) < 4.78 is 5.25. The van der Waals surface area contributed by atoms with E-state index in [4.69, 9.17) is 4.74 Å². The van der Waals surface area contributed by atoms with Crippen LogP contribution in [0.2, 0.25) is 0 Å². The SMILES string of the molecule is CCOCCSc1n[nH]c(-c2cccnc2)n1. The molecule has 90 valence electrons. The monoisotopic (exact) mass is 250 g/mol. The molecule has 2 aromatic rings. The van der Waals surface area contributed by atoms with E-state index in [2.05, 4.69) is 20.2 Å². The zero-order chi connectivity index (χ0) is 11.9. The summed E-state index contributed by atoms with van der Waals surface area (Å²) in [6.45, 7) is 3.45. The van der Waals surface area contributed by atoms with Gasteiger partial charge in [0.1, 0.15) is 0 Å². The molecule has 0 fully saturated rings. The quantitative estimate of drug-likeness (QED) is 0.627. The second-order valence-corrected chi connectivity index (χ2v) is 4.32. The molecule has 0 atom stereocenters. The molecule has 0 unspecified atom stereocenters. The number of rotatable bonds is 6. The van der Waals surface area contributed by atoms with Crippen molar-refractivity contribution in [2.45, 2.75) is 12.1 Å². The lowest BCUT2D eigenvalue weighted by Crippen LogP contribution is -1.96. The molecule has 0 saturated carbocycles. The van der Waals surface area contributed by atoms with Gasteiger partial charge in [0.25, 0.3) is 0 Å². The number of H-pyrrole nitrogens is 1. The molecule has 0 amide bonds. The number of aromatic nitrogens is 4. The molecule has 0 spiro atoms. The number of hydrogen-bond acceptors (Lipinski definition) is 5. The zero-order valence-electron chi connectivity index (χ0n) is 9.59. The predicted molar refractivity (Wildman–Crippen MR) is 66.8 cm³/mol. The van der Waals surface area contributed by atoms with Crippen LogP contribution in [-0.2, 0) is 4.74 Å². The lowest BCUT2D eigenvalue weighted by molar-refractivity contribution is 0.164. The van der Waals surface area contributed by atoms with Crippen molar-refractivity contribution in [3.05, 3.63) is 24.5 Å². The fourth-order valence-corrected chi connectivity index (χ4v) is 1.93. The molecule has 0 aliphatic carbocycles. The van der Waals surface area contributed by atoms with Crippen molar-refractivity contribution in [1.29, 1.82) is 0 Å². The molecular formula is C11H14N4OS. The largest absolute Gasteiger partial charge is 0.381 e. The van der Waals surface area contributed by atoms with Crippen molar-refractivity contribution in [3.8, 4) is 11.4 Å². The van der Waals surface area contributed by atoms with E-state index in [1.54, 1.807) is 24.2 Å². The maximum atomic E-state index is 5.25. The lowest BCUT2D eigenvalue weighted by Gasteiger charge is -1.97. The van der Waals surface area contributed by atoms with Gasteiger partial charge in [-0.25, -0.2) is 4.98 Å². The Morgan fingerprint density at radius 3 is 3.18 bits per heavy atom. The molecule has 0 aromatic carbocycles. The summed E-state index contributed by atoms with van der Waals surface area (Å²) in [5.74, 6) is 1.61. The molecule has 2 heterocycles. The topological polar surface area (TPSA) is 63.7 Å². The number of nitrogens with one attached hydrogen (secondary N) is 1. The van der Waals surface area contributed by atoms with Gasteiger partial charge >= 0.3 is 0 Å². The van der Waals surface area contributed by atoms with Gasteiger partial charge in [0.2, 0.25) is 5.16 Å². The van der Waals surface area contributed by atoms with Crippen LogP contribution in [-0.4, -0.2) is 39.1 Å². The Labute approximate surface area is 104 Å². The number of hydrogen-bond donors (Lipinski definition) is 1. The third-order valence-electron chi connectivity index (χ3n) is 2.06. The highest BCUT2D eigenvalue weighted by Gasteiger charge is 2.05. The van der Waals surface area contributed by atoms with Gasteiger partial charge in [0.05, 0.1) is 6.61 Å². The van der Waals surface area contributed by atoms with Crippen molar-refractivity contribution in [2.24, 2.45) is 0 Å². The number of pyridine rings is 1. The van der Waals surface area contributed by atoms with Gasteiger partial charge in [-0.05, 0) is 19.1 Å². The fourth-order valence-electron chi connectivity index (χ4n) is 1.28. The molecule has 6 heteroatoms. The molecule has 0 radical (unpaired) electrons. The molecule has 0 bridgehead atoms. The molecule has 0 aliphatic heterocycles. The van der Waals surface area contributed by atoms with Crippen LogP contribution >= 0.6 is 11.8 Å². The third-order valence-corrected chi connectivity index (χ3v) is 2.87. The average Bonchev–Trinajstić information content (AvgIpc) is 2.85. The summed E-state index contributed by atoms with van der Waals surface area (Å²) in [4.78, 5) is 8.42. The molecule has 0 aliphatic rings. The molecule has 2 aromatic heterocycles. The Hall–Kier alpha value is -1.40. The predicted octanol–water partition coefficient (Wildman–Crippen LogP) is 2.00. The summed E-state index contributed by atoms with van der Waals surface area (Å²) in [6.07, 6.45) is 3.49. The first kappa shape index (κ1) is 12.1. The van der Waals surface area contributed by atoms with Crippen molar-refractivity contribution in [3.63, 3.8) is 0 Å². The highest BCUT2D eigenvalue weighted by Crippen LogP contribution is 2.17. The minimum atomic E-state index is 0.720. The zero-order valence-corrected chi connectivity index (χ0v) is 10.4. The van der Waals surface area contributed by atoms with Crippen LogP contribution in [0.25, 0.3) is 11.4 Å². The van der Waals surface area contributed by atoms with Gasteiger partial charge < -0.3 is 4.74 Å². The van der Waals surface area contributed by atoms with Crippen LogP contribution in [0, 0.1) is 0 Å². The second kappa shape index (κ2) is 6.36. The molecule has 17 heavy (non-hydrogen) atoms. The number of aromatic amines is 1. The number of thioether (sulfide) groups is 1. The summed E-state index contributed by atoms with van der Waals surface area (Å²) in [7, 11) is 0. The van der Waals surface area contributed by atoms with E-state index < -0.39 is 0 Å². The fraction of sp³-hybridized carbons (Fsp3) is 0.364. The number of ether oxygens (including phenoxy) is 1. The maximum Gasteiger partial charge on any atom is 0.208 e. The van der Waals surface area contributed by atoms with Crippen LogP contribution in [0.15, 0.2) is 29.7 Å². The first-order valence-electron chi connectivity index (χ1n) is 5.43. The lowest BCUT2D eigenvalue weighted by atomic mass is 10.3. The summed E-state index contributed by atoms with van der Waals surface area (Å²) in [5.41, 5.74) is 0.941. The first-order valence-corrected chi connectivity index (χ1v) is 6.42. The van der Waals surface area contributed by atoms with Gasteiger partial charge in [-0.2, -0.15) is 0 Å². The van der Waals surface area contributed by atoms with E-state index in [9.17, 15) is 0 Å². The second-order valence-electron chi connectivity index (χ2n) is 3.25. The summed E-state index contributed by atoms with van der Waals surface area (Å²) >= 11 is 1.58. The van der Waals surface area contributed by atoms with Gasteiger partial charge in [-0.15, -0.1) is 5.10 Å². The molecule has 0 saturated heterocycles. The Kier molecular flexibility index (Phi) is 4.52.